The molecule has 0 spiro atoms. The molecule has 5 nitrogen and oxygen atoms in total. The Hall–Kier alpha value is -2.44. The van der Waals surface area contributed by atoms with Crippen LogP contribution >= 0.6 is 22.9 Å². The number of pyridine rings is 1. The summed E-state index contributed by atoms with van der Waals surface area (Å²) in [4.78, 5) is 21.8. The van der Waals surface area contributed by atoms with Gasteiger partial charge in [0.2, 0.25) is 0 Å². The van der Waals surface area contributed by atoms with Crippen LogP contribution in [0.5, 0.6) is 5.75 Å². The molecule has 0 radical (unpaired) electrons. The van der Waals surface area contributed by atoms with E-state index >= 15 is 0 Å². The molecule has 0 aliphatic carbocycles. The molecule has 1 amide bonds. The standard InChI is InChI=1S/C19H18ClN3O2S/c1-11-8-14(20)5-7-16(11)23-19(24)18-13(3)22-17(26-18)10-25-15-6-4-12(2)21-9-15/h4-9H,10H2,1-3H3,(H,23,24). The summed E-state index contributed by atoms with van der Waals surface area (Å²) in [5.74, 6) is 0.486. The number of hydrogen-bond donors (Lipinski definition) is 1. The number of benzene rings is 1. The number of halogens is 1. The third-order valence-corrected chi connectivity index (χ3v) is 5.10. The molecule has 0 saturated heterocycles. The van der Waals surface area contributed by atoms with Gasteiger partial charge in [-0.3, -0.25) is 9.78 Å². The van der Waals surface area contributed by atoms with Crippen LogP contribution in [0.2, 0.25) is 5.02 Å². The molecule has 0 bridgehead atoms. The fraction of sp³-hybridized carbons (Fsp3) is 0.211. The number of aryl methyl sites for hydroxylation is 3. The van der Waals surface area contributed by atoms with Crippen molar-refractivity contribution in [3.05, 3.63) is 68.4 Å². The summed E-state index contributed by atoms with van der Waals surface area (Å²) in [6.07, 6.45) is 1.67. The van der Waals surface area contributed by atoms with E-state index < -0.39 is 0 Å². The van der Waals surface area contributed by atoms with Crippen molar-refractivity contribution in [2.75, 3.05) is 5.32 Å². The Balaban J connectivity index is 1.68. The molecule has 134 valence electrons. The summed E-state index contributed by atoms with van der Waals surface area (Å²) in [6, 6.07) is 9.10. The average Bonchev–Trinajstić information content (AvgIpc) is 2.98. The van der Waals surface area contributed by atoms with Crippen molar-refractivity contribution in [2.45, 2.75) is 27.4 Å². The van der Waals surface area contributed by atoms with Crippen LogP contribution in [0.1, 0.15) is 31.6 Å². The zero-order chi connectivity index (χ0) is 18.7. The van der Waals surface area contributed by atoms with Crippen molar-refractivity contribution < 1.29 is 9.53 Å². The fourth-order valence-electron chi connectivity index (χ4n) is 2.36. The maximum absolute atomic E-state index is 12.6. The fourth-order valence-corrected chi connectivity index (χ4v) is 3.46. The van der Waals surface area contributed by atoms with Gasteiger partial charge in [-0.05, 0) is 56.7 Å². The van der Waals surface area contributed by atoms with Crippen LogP contribution < -0.4 is 10.1 Å². The number of amides is 1. The zero-order valence-corrected chi connectivity index (χ0v) is 16.2. The molecule has 0 fully saturated rings. The Kier molecular flexibility index (Phi) is 5.54. The highest BCUT2D eigenvalue weighted by atomic mass is 35.5. The largest absolute Gasteiger partial charge is 0.485 e. The average molecular weight is 388 g/mol. The minimum atomic E-state index is -0.186. The predicted octanol–water partition coefficient (Wildman–Crippen LogP) is 4.95. The van der Waals surface area contributed by atoms with Crippen LogP contribution in [0.15, 0.2) is 36.5 Å². The van der Waals surface area contributed by atoms with E-state index in [4.69, 9.17) is 16.3 Å². The van der Waals surface area contributed by atoms with Crippen LogP contribution in [0.25, 0.3) is 0 Å². The van der Waals surface area contributed by atoms with Crippen LogP contribution in [0, 0.1) is 20.8 Å². The molecule has 0 aliphatic rings. The summed E-state index contributed by atoms with van der Waals surface area (Å²) >= 11 is 7.28. The molecule has 2 heterocycles. The third kappa shape index (κ3) is 4.39. The van der Waals surface area contributed by atoms with E-state index in [1.54, 1.807) is 18.3 Å². The first-order chi connectivity index (χ1) is 12.4. The van der Waals surface area contributed by atoms with Crippen LogP contribution in [-0.2, 0) is 6.61 Å². The van der Waals surface area contributed by atoms with Crippen LogP contribution in [0.4, 0.5) is 5.69 Å². The smallest absolute Gasteiger partial charge is 0.267 e. The number of anilines is 1. The minimum absolute atomic E-state index is 0.186. The number of hydrogen-bond acceptors (Lipinski definition) is 5. The lowest BCUT2D eigenvalue weighted by Crippen LogP contribution is -2.12. The Morgan fingerprint density at radius 3 is 2.73 bits per heavy atom. The van der Waals surface area contributed by atoms with Crippen molar-refractivity contribution in [3.8, 4) is 5.75 Å². The normalized spacial score (nSPS) is 10.6. The lowest BCUT2D eigenvalue weighted by molar-refractivity contribution is 0.102. The minimum Gasteiger partial charge on any atom is -0.485 e. The van der Waals surface area contributed by atoms with E-state index in [9.17, 15) is 4.79 Å². The number of ether oxygens (including phenoxy) is 1. The highest BCUT2D eigenvalue weighted by molar-refractivity contribution is 7.13. The van der Waals surface area contributed by atoms with Crippen LogP contribution in [-0.4, -0.2) is 15.9 Å². The molecule has 0 saturated carbocycles. The van der Waals surface area contributed by atoms with Crippen molar-refractivity contribution in [3.63, 3.8) is 0 Å². The van der Waals surface area contributed by atoms with Gasteiger partial charge in [0.15, 0.2) is 0 Å². The molecule has 7 heteroatoms. The Bertz CT molecular complexity index is 938. The number of aromatic nitrogens is 2. The summed E-state index contributed by atoms with van der Waals surface area (Å²) in [7, 11) is 0. The van der Waals surface area contributed by atoms with Crippen LogP contribution in [0.3, 0.4) is 0 Å². The van der Waals surface area contributed by atoms with Crippen molar-refractivity contribution in [1.29, 1.82) is 0 Å². The quantitative estimate of drug-likeness (QED) is 0.672. The number of thiazole rings is 1. The van der Waals surface area contributed by atoms with Crippen molar-refractivity contribution in [2.24, 2.45) is 0 Å². The van der Waals surface area contributed by atoms with Gasteiger partial charge in [0.1, 0.15) is 22.2 Å². The van der Waals surface area contributed by atoms with E-state index in [0.717, 1.165) is 22.0 Å². The van der Waals surface area contributed by atoms with Gasteiger partial charge in [-0.25, -0.2) is 4.98 Å². The van der Waals surface area contributed by atoms with E-state index in [1.165, 1.54) is 11.3 Å². The van der Waals surface area contributed by atoms with E-state index in [2.05, 4.69) is 15.3 Å². The zero-order valence-electron chi connectivity index (χ0n) is 14.7. The molecule has 0 aliphatic heterocycles. The highest BCUT2D eigenvalue weighted by Gasteiger charge is 2.16. The molecule has 0 atom stereocenters. The third-order valence-electron chi connectivity index (χ3n) is 3.73. The van der Waals surface area contributed by atoms with Crippen molar-refractivity contribution >= 4 is 34.5 Å². The second-order valence-electron chi connectivity index (χ2n) is 5.86. The van der Waals surface area contributed by atoms with Gasteiger partial charge in [-0.1, -0.05) is 11.6 Å². The molecule has 3 aromatic rings. The monoisotopic (exact) mass is 387 g/mol. The Labute approximate surface area is 161 Å². The lowest BCUT2D eigenvalue weighted by atomic mass is 10.2. The maximum Gasteiger partial charge on any atom is 0.267 e. The number of nitrogens with zero attached hydrogens (tertiary/aromatic N) is 2. The second-order valence-corrected chi connectivity index (χ2v) is 7.38. The van der Waals surface area contributed by atoms with Gasteiger partial charge in [0, 0.05) is 16.4 Å². The first-order valence-electron chi connectivity index (χ1n) is 8.01. The van der Waals surface area contributed by atoms with Gasteiger partial charge < -0.3 is 10.1 Å². The molecule has 1 aromatic carbocycles. The molecule has 0 unspecified atom stereocenters. The molecular weight excluding hydrogens is 370 g/mol. The molecule has 3 rings (SSSR count). The summed E-state index contributed by atoms with van der Waals surface area (Å²) < 4.78 is 5.68. The number of carbonyl (C=O) groups is 1. The van der Waals surface area contributed by atoms with E-state index in [-0.39, 0.29) is 5.91 Å². The summed E-state index contributed by atoms with van der Waals surface area (Å²) in [5.41, 5.74) is 3.25. The maximum atomic E-state index is 12.6. The predicted molar refractivity (Wildman–Crippen MR) is 104 cm³/mol. The van der Waals surface area contributed by atoms with Gasteiger partial charge in [-0.2, -0.15) is 0 Å². The van der Waals surface area contributed by atoms with E-state index in [1.807, 2.05) is 39.0 Å². The summed E-state index contributed by atoms with van der Waals surface area (Å²) in [6.45, 7) is 5.93. The van der Waals surface area contributed by atoms with Crippen molar-refractivity contribution in [1.82, 2.24) is 9.97 Å². The molecule has 1 N–H and O–H groups in total. The Morgan fingerprint density at radius 2 is 2.04 bits per heavy atom. The Morgan fingerprint density at radius 1 is 1.23 bits per heavy atom. The van der Waals surface area contributed by atoms with Gasteiger partial charge in [0.05, 0.1) is 11.9 Å². The van der Waals surface area contributed by atoms with Gasteiger partial charge in [-0.15, -0.1) is 11.3 Å². The summed E-state index contributed by atoms with van der Waals surface area (Å²) in [5, 5.41) is 4.29. The SMILES string of the molecule is Cc1ccc(OCc2nc(C)c(C(=O)Nc3ccc(Cl)cc3C)s2)cn1. The lowest BCUT2D eigenvalue weighted by Gasteiger charge is -2.07. The van der Waals surface area contributed by atoms with E-state index in [0.29, 0.717) is 28.0 Å². The number of rotatable bonds is 5. The number of nitrogens with one attached hydrogen (secondary N) is 1. The molecule has 2 aromatic heterocycles. The topological polar surface area (TPSA) is 64.1 Å². The second kappa shape index (κ2) is 7.85. The molecular formula is C19H18ClN3O2S. The first kappa shape index (κ1) is 18.4. The van der Waals surface area contributed by atoms with Gasteiger partial charge in [0.25, 0.3) is 5.91 Å². The number of carbonyl (C=O) groups excluding carboxylic acids is 1. The first-order valence-corrected chi connectivity index (χ1v) is 9.21. The van der Waals surface area contributed by atoms with Gasteiger partial charge >= 0.3 is 0 Å². The molecule has 26 heavy (non-hydrogen) atoms. The highest BCUT2D eigenvalue weighted by Crippen LogP contribution is 2.24.